The topological polar surface area (TPSA) is 6.48 Å². The van der Waals surface area contributed by atoms with Gasteiger partial charge in [0, 0.05) is 28.4 Å². The Morgan fingerprint density at radius 3 is 1.27 bits per heavy atom. The summed E-state index contributed by atoms with van der Waals surface area (Å²) in [6.07, 6.45) is -3.63. The van der Waals surface area contributed by atoms with Gasteiger partial charge in [0.05, 0.1) is 11.3 Å². The first kappa shape index (κ1) is 34.9. The molecule has 8 aromatic rings. The summed E-state index contributed by atoms with van der Waals surface area (Å²) in [7, 11) is 0. The zero-order valence-corrected chi connectivity index (χ0v) is 30.7. The van der Waals surface area contributed by atoms with E-state index in [4.69, 9.17) is 0 Å². The molecule has 0 N–H and O–H groups in total. The molecule has 0 radical (unpaired) electrons. The van der Waals surface area contributed by atoms with Crippen molar-refractivity contribution < 1.29 is 13.2 Å². The highest BCUT2D eigenvalue weighted by atomic mass is 19.4. The van der Waals surface area contributed by atoms with Crippen LogP contribution in [0.5, 0.6) is 0 Å². The molecule has 0 fully saturated rings. The Morgan fingerprint density at radius 1 is 0.393 bits per heavy atom. The molecule has 5 heteroatoms. The van der Waals surface area contributed by atoms with Gasteiger partial charge in [-0.3, -0.25) is 0 Å². The highest BCUT2D eigenvalue weighted by molar-refractivity contribution is 5.86. The van der Waals surface area contributed by atoms with Crippen LogP contribution in [0.25, 0.3) is 33.4 Å². The van der Waals surface area contributed by atoms with Crippen LogP contribution in [-0.4, -0.2) is 0 Å². The number of nitrogens with zero attached hydrogens (tertiary/aromatic N) is 2. The van der Waals surface area contributed by atoms with Crippen molar-refractivity contribution in [1.82, 2.24) is 0 Å². The molecular formula is C51H37F3N2. The summed E-state index contributed by atoms with van der Waals surface area (Å²) in [4.78, 5) is 3.97. The Bertz CT molecular complexity index is 2650. The minimum atomic E-state index is -4.50. The predicted molar refractivity (Wildman–Crippen MR) is 225 cm³/mol. The lowest BCUT2D eigenvalue weighted by Crippen LogP contribution is -2.16. The van der Waals surface area contributed by atoms with Crippen LogP contribution in [0.4, 0.5) is 47.3 Å². The van der Waals surface area contributed by atoms with Crippen LogP contribution in [-0.2, 0) is 12.6 Å². The van der Waals surface area contributed by atoms with Crippen LogP contribution >= 0.6 is 0 Å². The number of fused-ring (bicyclic) bond motifs is 3. The molecule has 0 heterocycles. The van der Waals surface area contributed by atoms with Gasteiger partial charge in [0.15, 0.2) is 0 Å². The molecule has 8 aromatic carbocycles. The number of alkyl halides is 3. The molecule has 0 aliphatic heterocycles. The van der Waals surface area contributed by atoms with E-state index in [1.165, 1.54) is 39.9 Å². The molecule has 0 unspecified atom stereocenters. The number of halogens is 3. The molecule has 0 bridgehead atoms. The Hall–Kier alpha value is -6.85. The first-order valence-corrected chi connectivity index (χ1v) is 18.7. The van der Waals surface area contributed by atoms with Gasteiger partial charge in [-0.05, 0) is 142 Å². The molecule has 1 aliphatic carbocycles. The minimum Gasteiger partial charge on any atom is -0.310 e. The standard InChI is InChI=1S/C51H37F3N2/c1-35-12-8-10-18-49(35)55(42-13-4-2-5-14-42)44-28-24-36(25-29-44)38-20-22-40-32-41-23-21-39(34-47(41)46(40)33-38)37-26-30-45(31-27-37)56(43-15-6-3-7-16-43)50-19-11-9-17-48(50)51(52,53)54/h2-31,33-34H,32H2,1H3. The lowest BCUT2D eigenvalue weighted by Gasteiger charge is -2.28. The number of benzene rings is 8. The summed E-state index contributed by atoms with van der Waals surface area (Å²) in [6.45, 7) is 2.14. The van der Waals surface area contributed by atoms with Gasteiger partial charge in [-0.25, -0.2) is 0 Å². The molecule has 2 nitrogen and oxygen atoms in total. The second-order valence-electron chi connectivity index (χ2n) is 14.2. The molecule has 9 rings (SSSR count). The Kier molecular flexibility index (Phi) is 8.99. The number of hydrogen-bond acceptors (Lipinski definition) is 2. The fraction of sp³-hybridized carbons (Fsp3) is 0.0588. The summed E-state index contributed by atoms with van der Waals surface area (Å²) in [6, 6.07) is 63.7. The Balaban J connectivity index is 1.02. The fourth-order valence-corrected chi connectivity index (χ4v) is 7.86. The number of aryl methyl sites for hydroxylation is 1. The van der Waals surface area contributed by atoms with Crippen LogP contribution < -0.4 is 9.80 Å². The zero-order valence-electron chi connectivity index (χ0n) is 30.7. The predicted octanol–water partition coefficient (Wildman–Crippen LogP) is 14.9. The summed E-state index contributed by atoms with van der Waals surface area (Å²) < 4.78 is 42.6. The van der Waals surface area contributed by atoms with E-state index in [9.17, 15) is 13.2 Å². The van der Waals surface area contributed by atoms with Gasteiger partial charge in [0.25, 0.3) is 0 Å². The molecule has 0 amide bonds. The number of anilines is 6. The van der Waals surface area contributed by atoms with Crippen LogP contribution in [0.2, 0.25) is 0 Å². The quantitative estimate of drug-likeness (QED) is 0.153. The molecular weight excluding hydrogens is 698 g/mol. The smallest absolute Gasteiger partial charge is 0.310 e. The van der Waals surface area contributed by atoms with E-state index >= 15 is 0 Å². The molecule has 0 aromatic heterocycles. The van der Waals surface area contributed by atoms with E-state index in [-0.39, 0.29) is 5.69 Å². The second kappa shape index (κ2) is 14.4. The van der Waals surface area contributed by atoms with Crippen LogP contribution in [0.3, 0.4) is 0 Å². The highest BCUT2D eigenvalue weighted by Crippen LogP contribution is 2.45. The molecule has 0 saturated carbocycles. The van der Waals surface area contributed by atoms with Crippen molar-refractivity contribution in [2.75, 3.05) is 9.80 Å². The third kappa shape index (κ3) is 6.62. The molecule has 56 heavy (non-hydrogen) atoms. The summed E-state index contributed by atoms with van der Waals surface area (Å²) in [5, 5.41) is 0. The average Bonchev–Trinajstić information content (AvgIpc) is 3.60. The molecule has 1 aliphatic rings. The van der Waals surface area contributed by atoms with Crippen molar-refractivity contribution in [2.45, 2.75) is 19.5 Å². The van der Waals surface area contributed by atoms with Crippen molar-refractivity contribution in [3.8, 4) is 33.4 Å². The Morgan fingerprint density at radius 2 is 0.786 bits per heavy atom. The molecule has 272 valence electrons. The van der Waals surface area contributed by atoms with E-state index < -0.39 is 11.7 Å². The van der Waals surface area contributed by atoms with Crippen LogP contribution in [0.1, 0.15) is 22.3 Å². The van der Waals surface area contributed by atoms with Gasteiger partial charge in [-0.2, -0.15) is 13.2 Å². The first-order valence-electron chi connectivity index (χ1n) is 18.7. The SMILES string of the molecule is Cc1ccccc1N(c1ccccc1)c1ccc(-c2ccc3c(c2)-c2cc(-c4ccc(N(c5ccccc5)c5ccccc5C(F)(F)F)cc4)ccc2C3)cc1. The van der Waals surface area contributed by atoms with Crippen molar-refractivity contribution in [3.05, 3.63) is 216 Å². The normalized spacial score (nSPS) is 11.9. The van der Waals surface area contributed by atoms with Gasteiger partial charge >= 0.3 is 6.18 Å². The molecule has 0 spiro atoms. The largest absolute Gasteiger partial charge is 0.418 e. The van der Waals surface area contributed by atoms with Gasteiger partial charge in [-0.1, -0.05) is 115 Å². The molecule has 0 saturated heterocycles. The van der Waals surface area contributed by atoms with Crippen molar-refractivity contribution in [2.24, 2.45) is 0 Å². The van der Waals surface area contributed by atoms with E-state index in [2.05, 4.69) is 121 Å². The highest BCUT2D eigenvalue weighted by Gasteiger charge is 2.35. The van der Waals surface area contributed by atoms with Crippen LogP contribution in [0.15, 0.2) is 194 Å². The minimum absolute atomic E-state index is 0.0818. The van der Waals surface area contributed by atoms with Crippen LogP contribution in [0, 0.1) is 6.92 Å². The summed E-state index contributed by atoms with van der Waals surface area (Å²) in [5.41, 5.74) is 14.6. The van der Waals surface area contributed by atoms with Crippen molar-refractivity contribution in [3.63, 3.8) is 0 Å². The lowest BCUT2D eigenvalue weighted by molar-refractivity contribution is -0.137. The number of para-hydroxylation sites is 4. The van der Waals surface area contributed by atoms with Gasteiger partial charge < -0.3 is 9.80 Å². The monoisotopic (exact) mass is 734 g/mol. The first-order chi connectivity index (χ1) is 27.3. The second-order valence-corrected chi connectivity index (χ2v) is 14.2. The third-order valence-corrected chi connectivity index (χ3v) is 10.6. The van der Waals surface area contributed by atoms with E-state index in [0.717, 1.165) is 51.8 Å². The maximum atomic E-state index is 14.2. The number of rotatable bonds is 8. The lowest BCUT2D eigenvalue weighted by atomic mass is 9.96. The summed E-state index contributed by atoms with van der Waals surface area (Å²) in [5.74, 6) is 0. The zero-order chi connectivity index (χ0) is 38.2. The maximum absolute atomic E-state index is 14.2. The fourth-order valence-electron chi connectivity index (χ4n) is 7.86. The van der Waals surface area contributed by atoms with Crippen molar-refractivity contribution in [1.29, 1.82) is 0 Å². The summed E-state index contributed by atoms with van der Waals surface area (Å²) >= 11 is 0. The maximum Gasteiger partial charge on any atom is 0.418 e. The third-order valence-electron chi connectivity index (χ3n) is 10.6. The van der Waals surface area contributed by atoms with E-state index in [1.807, 2.05) is 60.7 Å². The van der Waals surface area contributed by atoms with E-state index in [0.29, 0.717) is 11.4 Å². The average molecular weight is 735 g/mol. The van der Waals surface area contributed by atoms with E-state index in [1.54, 1.807) is 11.0 Å². The molecule has 0 atom stereocenters. The van der Waals surface area contributed by atoms with Gasteiger partial charge in [-0.15, -0.1) is 0 Å². The Labute approximate surface area is 325 Å². The van der Waals surface area contributed by atoms with Gasteiger partial charge in [0.1, 0.15) is 0 Å². The van der Waals surface area contributed by atoms with Gasteiger partial charge in [0.2, 0.25) is 0 Å². The van der Waals surface area contributed by atoms with Crippen molar-refractivity contribution >= 4 is 34.1 Å². The number of hydrogen-bond donors (Lipinski definition) is 0.